The van der Waals surface area contributed by atoms with Crippen LogP contribution in [0.2, 0.25) is 0 Å². The Balaban J connectivity index is 5.19. The van der Waals surface area contributed by atoms with E-state index in [1.54, 1.807) is 0 Å². The Morgan fingerprint density at radius 1 is 0.260 bits per heavy atom. The fourth-order valence-corrected chi connectivity index (χ4v) is 14.9. The maximum absolute atomic E-state index is 13.1. The van der Waals surface area contributed by atoms with Crippen LogP contribution < -0.4 is 0 Å². The zero-order chi connectivity index (χ0) is 76.2. The number of hydrogen-bond acceptors (Lipinski definition) is 15. The SMILES string of the molecule is CCCCCCCCCCCCCCCCCCCCCCCC(=O)OC[C@H](COP(=O)(O)OC[C@@H](O)COP(=O)(O)OC[C@@H](COC(=O)CCCCCCCCCCCCC)OC(=O)CCCCCCCCCCC(C)C)OC(=O)CCCCCCCCCCCCCCCCCCCCCCC. The monoisotopic (exact) mass is 1520 g/mol. The van der Waals surface area contributed by atoms with E-state index in [1.807, 2.05) is 0 Å². The van der Waals surface area contributed by atoms with Crippen molar-refractivity contribution >= 4 is 39.5 Å². The minimum atomic E-state index is -4.96. The standard InChI is InChI=1S/C85H166O17P2/c1-6-9-12-15-18-21-24-26-28-30-32-34-36-38-40-42-45-48-54-59-64-69-83(88)96-74-80(101-84(89)70-65-60-55-49-46-43-41-39-37-35-33-31-29-27-25-22-19-16-13-10-7-2)76-99-103(91,92)97-72-79(86)73-98-104(93,94)100-77-81(102-85(90)71-66-61-56-51-50-52-57-62-67-78(4)5)75-95-82(87)68-63-58-53-47-44-23-20-17-14-11-8-3/h78-81,86H,6-77H2,1-5H3,(H,91,92)(H,93,94)/t79-,80-,81-/m1/s1. The van der Waals surface area contributed by atoms with E-state index in [9.17, 15) is 43.2 Å². The van der Waals surface area contributed by atoms with Crippen LogP contribution >= 0.6 is 15.6 Å². The van der Waals surface area contributed by atoms with Gasteiger partial charge in [-0.25, -0.2) is 9.13 Å². The second kappa shape index (κ2) is 77.8. The van der Waals surface area contributed by atoms with Gasteiger partial charge in [0, 0.05) is 25.7 Å². The predicted octanol–water partition coefficient (Wildman–Crippen LogP) is 26.0. The molecule has 0 saturated carbocycles. The molecule has 0 heterocycles. The highest BCUT2D eigenvalue weighted by molar-refractivity contribution is 7.47. The molecule has 618 valence electrons. The largest absolute Gasteiger partial charge is 0.472 e. The summed E-state index contributed by atoms with van der Waals surface area (Å²) in [4.78, 5) is 73.1. The third kappa shape index (κ3) is 78.2. The molecule has 0 aliphatic rings. The highest BCUT2D eigenvalue weighted by Crippen LogP contribution is 2.45. The molecule has 19 heteroatoms. The van der Waals surface area contributed by atoms with E-state index < -0.39 is 97.5 Å². The number of aliphatic hydroxyl groups excluding tert-OH is 1. The lowest BCUT2D eigenvalue weighted by Crippen LogP contribution is -2.30. The van der Waals surface area contributed by atoms with Crippen LogP contribution in [-0.4, -0.2) is 96.7 Å². The minimum Gasteiger partial charge on any atom is -0.462 e. The summed E-state index contributed by atoms with van der Waals surface area (Å²) in [5.74, 6) is -1.39. The van der Waals surface area contributed by atoms with Crippen molar-refractivity contribution in [3.05, 3.63) is 0 Å². The predicted molar refractivity (Wildman–Crippen MR) is 428 cm³/mol. The Morgan fingerprint density at radius 3 is 0.654 bits per heavy atom. The zero-order valence-electron chi connectivity index (χ0n) is 68.2. The number of phosphoric ester groups is 2. The number of phosphoric acid groups is 2. The summed E-state index contributed by atoms with van der Waals surface area (Å²) in [7, 11) is -9.92. The van der Waals surface area contributed by atoms with Crippen LogP contribution in [0, 0.1) is 5.92 Å². The molecule has 0 aromatic rings. The van der Waals surface area contributed by atoms with Crippen molar-refractivity contribution in [2.75, 3.05) is 39.6 Å². The number of carbonyl (C=O) groups is 4. The van der Waals surface area contributed by atoms with Gasteiger partial charge in [-0.2, -0.15) is 0 Å². The lowest BCUT2D eigenvalue weighted by atomic mass is 10.0. The molecule has 17 nitrogen and oxygen atoms in total. The fourth-order valence-electron chi connectivity index (χ4n) is 13.3. The Hall–Kier alpha value is -1.94. The highest BCUT2D eigenvalue weighted by Gasteiger charge is 2.30. The molecule has 104 heavy (non-hydrogen) atoms. The Labute approximate surface area is 638 Å². The van der Waals surface area contributed by atoms with Gasteiger partial charge in [-0.15, -0.1) is 0 Å². The molecule has 0 bridgehead atoms. The van der Waals surface area contributed by atoms with Crippen LogP contribution in [0.4, 0.5) is 0 Å². The number of carbonyl (C=O) groups excluding carboxylic acids is 4. The van der Waals surface area contributed by atoms with Gasteiger partial charge in [-0.05, 0) is 31.6 Å². The summed E-state index contributed by atoms with van der Waals surface area (Å²) < 4.78 is 68.8. The molecule has 0 aromatic heterocycles. The molecule has 0 rings (SSSR count). The third-order valence-corrected chi connectivity index (χ3v) is 21.9. The Kier molecular flexibility index (Phi) is 76.3. The van der Waals surface area contributed by atoms with Crippen LogP contribution in [0.3, 0.4) is 0 Å². The smallest absolute Gasteiger partial charge is 0.462 e. The summed E-state index contributed by atoms with van der Waals surface area (Å²) in [5.41, 5.74) is 0. The van der Waals surface area contributed by atoms with Gasteiger partial charge < -0.3 is 33.8 Å². The van der Waals surface area contributed by atoms with Crippen LogP contribution in [0.25, 0.3) is 0 Å². The Morgan fingerprint density at radius 2 is 0.442 bits per heavy atom. The van der Waals surface area contributed by atoms with Gasteiger partial charge >= 0.3 is 39.5 Å². The highest BCUT2D eigenvalue weighted by atomic mass is 31.2. The lowest BCUT2D eigenvalue weighted by molar-refractivity contribution is -0.161. The van der Waals surface area contributed by atoms with E-state index >= 15 is 0 Å². The molecule has 0 fully saturated rings. The van der Waals surface area contributed by atoms with Gasteiger partial charge in [0.05, 0.1) is 26.4 Å². The lowest BCUT2D eigenvalue weighted by Gasteiger charge is -2.21. The van der Waals surface area contributed by atoms with Crippen molar-refractivity contribution in [3.63, 3.8) is 0 Å². The van der Waals surface area contributed by atoms with Crippen molar-refractivity contribution in [2.45, 2.75) is 477 Å². The van der Waals surface area contributed by atoms with Gasteiger partial charge in [0.15, 0.2) is 12.2 Å². The molecule has 2 unspecified atom stereocenters. The van der Waals surface area contributed by atoms with Crippen LogP contribution in [0.1, 0.15) is 458 Å². The van der Waals surface area contributed by atoms with Gasteiger partial charge in [-0.1, -0.05) is 407 Å². The zero-order valence-corrected chi connectivity index (χ0v) is 70.0. The first-order chi connectivity index (χ1) is 50.5. The maximum atomic E-state index is 13.1. The van der Waals surface area contributed by atoms with E-state index in [1.165, 1.54) is 283 Å². The molecule has 5 atom stereocenters. The minimum absolute atomic E-state index is 0.105. The first-order valence-electron chi connectivity index (χ1n) is 44.1. The van der Waals surface area contributed by atoms with Crippen LogP contribution in [0.5, 0.6) is 0 Å². The number of hydrogen-bond donors (Lipinski definition) is 3. The molecule has 0 aliphatic carbocycles. The average molecular weight is 1520 g/mol. The molecule has 0 amide bonds. The fraction of sp³-hybridized carbons (Fsp3) is 0.953. The van der Waals surface area contributed by atoms with Crippen LogP contribution in [-0.2, 0) is 65.4 Å². The molecular formula is C85H166O17P2. The quantitative estimate of drug-likeness (QED) is 0.0222. The summed E-state index contributed by atoms with van der Waals surface area (Å²) in [6.07, 6.45) is 71.1. The van der Waals surface area contributed by atoms with Gasteiger partial charge in [0.2, 0.25) is 0 Å². The van der Waals surface area contributed by atoms with Gasteiger partial charge in [0.25, 0.3) is 0 Å². The maximum Gasteiger partial charge on any atom is 0.472 e. The summed E-state index contributed by atoms with van der Waals surface area (Å²) in [5, 5.41) is 10.7. The van der Waals surface area contributed by atoms with E-state index in [4.69, 9.17) is 37.0 Å². The molecule has 0 aromatic carbocycles. The van der Waals surface area contributed by atoms with Crippen molar-refractivity contribution in [1.29, 1.82) is 0 Å². The number of unbranched alkanes of at least 4 members (excludes halogenated alkanes) is 57. The summed E-state index contributed by atoms with van der Waals surface area (Å²) in [6, 6.07) is 0. The van der Waals surface area contributed by atoms with Crippen molar-refractivity contribution < 1.29 is 80.2 Å². The number of ether oxygens (including phenoxy) is 4. The number of rotatable bonds is 85. The molecule has 0 radical (unpaired) electrons. The average Bonchev–Trinajstić information content (AvgIpc) is 0.906. The molecule has 3 N–H and O–H groups in total. The number of aliphatic hydroxyl groups is 1. The van der Waals surface area contributed by atoms with E-state index in [-0.39, 0.29) is 25.7 Å². The second-order valence-corrected chi connectivity index (χ2v) is 34.0. The first-order valence-corrected chi connectivity index (χ1v) is 47.1. The third-order valence-electron chi connectivity index (χ3n) is 20.0. The number of esters is 4. The van der Waals surface area contributed by atoms with Crippen molar-refractivity contribution in [2.24, 2.45) is 5.92 Å². The van der Waals surface area contributed by atoms with Gasteiger partial charge in [-0.3, -0.25) is 37.3 Å². The van der Waals surface area contributed by atoms with Crippen LogP contribution in [0.15, 0.2) is 0 Å². The second-order valence-electron chi connectivity index (χ2n) is 31.1. The molecule has 0 saturated heterocycles. The van der Waals surface area contributed by atoms with E-state index in [0.717, 1.165) is 95.8 Å². The normalized spacial score (nSPS) is 13.8. The van der Waals surface area contributed by atoms with E-state index in [0.29, 0.717) is 25.7 Å². The van der Waals surface area contributed by atoms with E-state index in [2.05, 4.69) is 34.6 Å². The first kappa shape index (κ1) is 102. The topological polar surface area (TPSA) is 237 Å². The molecule has 0 spiro atoms. The molecular weight excluding hydrogens is 1350 g/mol. The Bertz CT molecular complexity index is 1980. The van der Waals surface area contributed by atoms with Crippen molar-refractivity contribution in [1.82, 2.24) is 0 Å². The summed E-state index contributed by atoms with van der Waals surface area (Å²) >= 11 is 0. The van der Waals surface area contributed by atoms with Crippen molar-refractivity contribution in [3.8, 4) is 0 Å². The summed E-state index contributed by atoms with van der Waals surface area (Å²) in [6.45, 7) is 7.30. The molecule has 0 aliphatic heterocycles. The van der Waals surface area contributed by atoms with Gasteiger partial charge in [0.1, 0.15) is 19.3 Å².